The normalized spacial score (nSPS) is 17.0. The summed E-state index contributed by atoms with van der Waals surface area (Å²) >= 11 is 0. The van der Waals surface area contributed by atoms with Crippen molar-refractivity contribution in [3.8, 4) is 0 Å². The number of likely N-dealkylation sites (tertiary alicyclic amines) is 1. The lowest BCUT2D eigenvalue weighted by Gasteiger charge is -2.41. The van der Waals surface area contributed by atoms with Crippen molar-refractivity contribution in [3.63, 3.8) is 0 Å². The third-order valence-corrected chi connectivity index (χ3v) is 5.83. The van der Waals surface area contributed by atoms with Crippen LogP contribution >= 0.6 is 0 Å². The van der Waals surface area contributed by atoms with Crippen LogP contribution in [0, 0.1) is 0 Å². The van der Waals surface area contributed by atoms with Crippen LogP contribution in [0.2, 0.25) is 0 Å². The van der Waals surface area contributed by atoms with Gasteiger partial charge in [0.2, 0.25) is 5.91 Å². The Balaban J connectivity index is 1.40. The Bertz CT molecular complexity index is 899. The van der Waals surface area contributed by atoms with Crippen molar-refractivity contribution in [2.24, 2.45) is 0 Å². The van der Waals surface area contributed by atoms with E-state index in [1.807, 2.05) is 52.3 Å². The van der Waals surface area contributed by atoms with Gasteiger partial charge in [0.1, 0.15) is 0 Å². The Morgan fingerprint density at radius 3 is 2.52 bits per heavy atom. The number of fused-ring (bicyclic) bond motifs is 1. The van der Waals surface area contributed by atoms with Crippen molar-refractivity contribution in [1.29, 1.82) is 0 Å². The molecular weight excluding hydrogens is 362 g/mol. The molecule has 2 amide bonds. The van der Waals surface area contributed by atoms with E-state index in [0.717, 1.165) is 30.6 Å². The molecular formula is C24H27N3O2. The first-order valence-electron chi connectivity index (χ1n) is 10.3. The molecule has 0 unspecified atom stereocenters. The van der Waals surface area contributed by atoms with E-state index in [2.05, 4.69) is 18.0 Å². The maximum Gasteiger partial charge on any atom is 0.253 e. The molecule has 0 radical (unpaired) electrons. The van der Waals surface area contributed by atoms with E-state index in [-0.39, 0.29) is 17.9 Å². The maximum atomic E-state index is 12.9. The van der Waals surface area contributed by atoms with Gasteiger partial charge in [0.25, 0.3) is 5.91 Å². The van der Waals surface area contributed by atoms with Crippen molar-refractivity contribution in [1.82, 2.24) is 4.90 Å². The summed E-state index contributed by atoms with van der Waals surface area (Å²) in [6.45, 7) is 5.73. The van der Waals surface area contributed by atoms with Gasteiger partial charge in [-0.25, -0.2) is 0 Å². The Kier molecular flexibility index (Phi) is 5.65. The van der Waals surface area contributed by atoms with Crippen molar-refractivity contribution in [2.75, 3.05) is 29.9 Å². The zero-order valence-corrected chi connectivity index (χ0v) is 16.6. The minimum atomic E-state index is 0.0593. The fourth-order valence-electron chi connectivity index (χ4n) is 4.28. The van der Waals surface area contributed by atoms with Crippen LogP contribution in [0.1, 0.15) is 35.2 Å². The molecule has 2 aliphatic rings. The van der Waals surface area contributed by atoms with Crippen LogP contribution in [0.4, 0.5) is 11.4 Å². The van der Waals surface area contributed by atoms with Gasteiger partial charge < -0.3 is 15.1 Å². The van der Waals surface area contributed by atoms with Crippen LogP contribution in [-0.4, -0.2) is 42.4 Å². The Labute approximate surface area is 172 Å². The SMILES string of the molecule is C=CCNc1ccc(C(=O)N2CCC(N3C(=O)CCc4ccccc43)CC2)cc1. The molecule has 0 atom stereocenters. The number of carbonyl (C=O) groups is 2. The van der Waals surface area contributed by atoms with E-state index in [4.69, 9.17) is 0 Å². The van der Waals surface area contributed by atoms with Gasteiger partial charge in [0, 0.05) is 49.0 Å². The van der Waals surface area contributed by atoms with Gasteiger partial charge in [-0.1, -0.05) is 24.3 Å². The predicted octanol–water partition coefficient (Wildman–Crippen LogP) is 3.87. The Morgan fingerprint density at radius 2 is 1.79 bits per heavy atom. The quantitative estimate of drug-likeness (QED) is 0.790. The first-order chi connectivity index (χ1) is 14.2. The number of hydrogen-bond donors (Lipinski definition) is 1. The molecule has 29 heavy (non-hydrogen) atoms. The number of rotatable bonds is 5. The van der Waals surface area contributed by atoms with Crippen LogP contribution in [-0.2, 0) is 11.2 Å². The highest BCUT2D eigenvalue weighted by Gasteiger charge is 2.33. The van der Waals surface area contributed by atoms with Gasteiger partial charge in [-0.05, 0) is 55.2 Å². The number of para-hydroxylation sites is 1. The first-order valence-corrected chi connectivity index (χ1v) is 10.3. The highest BCUT2D eigenvalue weighted by molar-refractivity contribution is 5.97. The molecule has 1 fully saturated rings. The highest BCUT2D eigenvalue weighted by atomic mass is 16.2. The summed E-state index contributed by atoms with van der Waals surface area (Å²) in [4.78, 5) is 29.4. The number of benzene rings is 2. The number of aryl methyl sites for hydroxylation is 1. The Morgan fingerprint density at radius 1 is 1.07 bits per heavy atom. The number of amides is 2. The molecule has 5 nitrogen and oxygen atoms in total. The van der Waals surface area contributed by atoms with E-state index in [1.165, 1.54) is 5.56 Å². The number of piperidine rings is 1. The molecule has 0 spiro atoms. The van der Waals surface area contributed by atoms with Crippen LogP contribution in [0.5, 0.6) is 0 Å². The smallest absolute Gasteiger partial charge is 0.253 e. The third-order valence-electron chi connectivity index (χ3n) is 5.83. The molecule has 0 saturated carbocycles. The minimum Gasteiger partial charge on any atom is -0.382 e. The molecule has 2 aromatic rings. The van der Waals surface area contributed by atoms with Crippen LogP contribution in [0.15, 0.2) is 61.2 Å². The Hall–Kier alpha value is -3.08. The van der Waals surface area contributed by atoms with Gasteiger partial charge in [-0.3, -0.25) is 9.59 Å². The van der Waals surface area contributed by atoms with Gasteiger partial charge in [-0.2, -0.15) is 0 Å². The molecule has 0 bridgehead atoms. The number of nitrogens with one attached hydrogen (secondary N) is 1. The summed E-state index contributed by atoms with van der Waals surface area (Å²) in [5.41, 5.74) is 3.97. The summed E-state index contributed by atoms with van der Waals surface area (Å²) in [5, 5.41) is 3.21. The molecule has 5 heteroatoms. The highest BCUT2D eigenvalue weighted by Crippen LogP contribution is 2.32. The van der Waals surface area contributed by atoms with E-state index < -0.39 is 0 Å². The number of nitrogens with zero attached hydrogens (tertiary/aromatic N) is 2. The fraction of sp³-hybridized carbons (Fsp3) is 0.333. The van der Waals surface area contributed by atoms with E-state index in [1.54, 1.807) is 6.08 Å². The molecule has 0 aromatic heterocycles. The van der Waals surface area contributed by atoms with E-state index >= 15 is 0 Å². The van der Waals surface area contributed by atoms with Gasteiger partial charge in [0.05, 0.1) is 0 Å². The van der Waals surface area contributed by atoms with Gasteiger partial charge in [-0.15, -0.1) is 6.58 Å². The molecule has 2 aromatic carbocycles. The fourth-order valence-corrected chi connectivity index (χ4v) is 4.28. The molecule has 0 aliphatic carbocycles. The summed E-state index contributed by atoms with van der Waals surface area (Å²) in [7, 11) is 0. The van der Waals surface area contributed by atoms with Crippen molar-refractivity contribution in [2.45, 2.75) is 31.7 Å². The first kappa shape index (κ1) is 19.2. The zero-order chi connectivity index (χ0) is 20.2. The van der Waals surface area contributed by atoms with Crippen LogP contribution in [0.3, 0.4) is 0 Å². The second-order valence-corrected chi connectivity index (χ2v) is 7.66. The summed E-state index contributed by atoms with van der Waals surface area (Å²) < 4.78 is 0. The molecule has 150 valence electrons. The number of anilines is 2. The lowest BCUT2D eigenvalue weighted by Crippen LogP contribution is -2.50. The van der Waals surface area contributed by atoms with Crippen molar-refractivity contribution >= 4 is 23.2 Å². The lowest BCUT2D eigenvalue weighted by molar-refractivity contribution is -0.119. The number of carbonyl (C=O) groups excluding carboxylic acids is 2. The van der Waals surface area contributed by atoms with Crippen LogP contribution in [0.25, 0.3) is 0 Å². The lowest BCUT2D eigenvalue weighted by atomic mass is 9.95. The largest absolute Gasteiger partial charge is 0.382 e. The molecule has 2 aliphatic heterocycles. The average molecular weight is 389 g/mol. The average Bonchev–Trinajstić information content (AvgIpc) is 2.78. The standard InChI is InChI=1S/C24H27N3O2/c1-2-15-25-20-10-7-19(8-11-20)24(29)26-16-13-21(14-17-26)27-22-6-4-3-5-18(22)9-12-23(27)28/h2-8,10-11,21,25H,1,9,12-17H2. The molecule has 2 heterocycles. The topological polar surface area (TPSA) is 52.7 Å². The zero-order valence-electron chi connectivity index (χ0n) is 16.6. The second kappa shape index (κ2) is 8.52. The van der Waals surface area contributed by atoms with Crippen molar-refractivity contribution in [3.05, 3.63) is 72.3 Å². The predicted molar refractivity (Wildman–Crippen MR) is 116 cm³/mol. The molecule has 1 saturated heterocycles. The maximum absolute atomic E-state index is 12.9. The van der Waals surface area contributed by atoms with E-state index in [0.29, 0.717) is 31.6 Å². The number of hydrogen-bond acceptors (Lipinski definition) is 3. The van der Waals surface area contributed by atoms with Gasteiger partial charge in [0.15, 0.2) is 0 Å². The summed E-state index contributed by atoms with van der Waals surface area (Å²) in [5.74, 6) is 0.264. The van der Waals surface area contributed by atoms with Gasteiger partial charge >= 0.3 is 0 Å². The summed E-state index contributed by atoms with van der Waals surface area (Å²) in [6.07, 6.45) is 4.81. The molecule has 4 rings (SSSR count). The second-order valence-electron chi connectivity index (χ2n) is 7.66. The van der Waals surface area contributed by atoms with E-state index in [9.17, 15) is 9.59 Å². The minimum absolute atomic E-state index is 0.0593. The third kappa shape index (κ3) is 4.04. The van der Waals surface area contributed by atoms with Crippen molar-refractivity contribution < 1.29 is 9.59 Å². The molecule has 1 N–H and O–H groups in total. The monoisotopic (exact) mass is 389 g/mol. The summed E-state index contributed by atoms with van der Waals surface area (Å²) in [6, 6.07) is 15.9. The van der Waals surface area contributed by atoms with Crippen LogP contribution < -0.4 is 10.2 Å².